The summed E-state index contributed by atoms with van der Waals surface area (Å²) in [5.74, 6) is 0.733. The van der Waals surface area contributed by atoms with E-state index < -0.39 is 5.54 Å². The second-order valence-electron chi connectivity index (χ2n) is 4.80. The van der Waals surface area contributed by atoms with Gasteiger partial charge in [-0.25, -0.2) is 4.98 Å². The van der Waals surface area contributed by atoms with Crippen LogP contribution in [-0.4, -0.2) is 28.2 Å². The molecule has 5 nitrogen and oxygen atoms in total. The van der Waals surface area contributed by atoms with Crippen LogP contribution in [0.4, 0.5) is 0 Å². The predicted molar refractivity (Wildman–Crippen MR) is 70.1 cm³/mol. The molecule has 0 fully saturated rings. The molecule has 0 radical (unpaired) electrons. The first-order valence-corrected chi connectivity index (χ1v) is 6.38. The Balaban J connectivity index is 2.46. The van der Waals surface area contributed by atoms with Gasteiger partial charge in [0.2, 0.25) is 0 Å². The summed E-state index contributed by atoms with van der Waals surface area (Å²) >= 11 is 0. The highest BCUT2D eigenvalue weighted by Crippen LogP contribution is 2.12. The van der Waals surface area contributed by atoms with Crippen molar-refractivity contribution in [3.8, 4) is 0 Å². The van der Waals surface area contributed by atoms with Crippen LogP contribution in [0.1, 0.15) is 38.9 Å². The summed E-state index contributed by atoms with van der Waals surface area (Å²) in [6.07, 6.45) is 7.26. The van der Waals surface area contributed by atoms with Gasteiger partial charge in [-0.2, -0.15) is 0 Å². The van der Waals surface area contributed by atoms with Crippen LogP contribution in [0.25, 0.3) is 0 Å². The second kappa shape index (κ2) is 6.54. The second-order valence-corrected chi connectivity index (χ2v) is 4.80. The van der Waals surface area contributed by atoms with Gasteiger partial charge in [-0.1, -0.05) is 6.92 Å². The predicted octanol–water partition coefficient (Wildman–Crippen LogP) is 1.51. The van der Waals surface area contributed by atoms with E-state index in [1.807, 2.05) is 12.4 Å². The highest BCUT2D eigenvalue weighted by atomic mass is 16.5. The lowest BCUT2D eigenvalue weighted by atomic mass is 9.97. The third-order valence-corrected chi connectivity index (χ3v) is 3.02. The number of carbonyl (C=O) groups excluding carboxylic acids is 1. The quantitative estimate of drug-likeness (QED) is 0.748. The summed E-state index contributed by atoms with van der Waals surface area (Å²) in [4.78, 5) is 15.7. The van der Waals surface area contributed by atoms with Gasteiger partial charge in [0, 0.05) is 25.4 Å². The molecule has 1 unspecified atom stereocenters. The molecule has 18 heavy (non-hydrogen) atoms. The van der Waals surface area contributed by atoms with Crippen molar-refractivity contribution >= 4 is 5.97 Å². The maximum atomic E-state index is 11.4. The molecule has 1 rings (SSSR count). The Morgan fingerprint density at radius 1 is 1.61 bits per heavy atom. The van der Waals surface area contributed by atoms with Crippen molar-refractivity contribution < 1.29 is 9.53 Å². The van der Waals surface area contributed by atoms with Gasteiger partial charge >= 0.3 is 5.97 Å². The van der Waals surface area contributed by atoms with Crippen LogP contribution in [-0.2, 0) is 22.5 Å². The van der Waals surface area contributed by atoms with Crippen molar-refractivity contribution in [1.82, 2.24) is 9.55 Å². The lowest BCUT2D eigenvalue weighted by Gasteiger charge is -2.21. The van der Waals surface area contributed by atoms with Gasteiger partial charge in [0.1, 0.15) is 11.4 Å². The molecule has 0 aliphatic carbocycles. The van der Waals surface area contributed by atoms with E-state index in [0.717, 1.165) is 31.6 Å². The molecular weight excluding hydrogens is 230 g/mol. The molecule has 0 saturated heterocycles. The number of hydrogen-bond donors (Lipinski definition) is 1. The standard InChI is InChI=1S/C13H23N3O2/c1-4-6-11-15-8-10-16(11)9-5-7-13(2,14)12(17)18-3/h8,10H,4-7,9,14H2,1-3H3. The van der Waals surface area contributed by atoms with Crippen molar-refractivity contribution in [1.29, 1.82) is 0 Å². The minimum atomic E-state index is -0.903. The van der Waals surface area contributed by atoms with Crippen LogP contribution in [0, 0.1) is 0 Å². The molecule has 1 aromatic rings. The number of hydrogen-bond acceptors (Lipinski definition) is 4. The summed E-state index contributed by atoms with van der Waals surface area (Å²) < 4.78 is 6.80. The topological polar surface area (TPSA) is 70.1 Å². The lowest BCUT2D eigenvalue weighted by Crippen LogP contribution is -2.45. The molecular formula is C13H23N3O2. The molecule has 0 bridgehead atoms. The van der Waals surface area contributed by atoms with Gasteiger partial charge in [-0.3, -0.25) is 4.79 Å². The van der Waals surface area contributed by atoms with E-state index in [2.05, 4.69) is 21.2 Å². The Labute approximate surface area is 108 Å². The maximum absolute atomic E-state index is 11.4. The van der Waals surface area contributed by atoms with E-state index in [1.165, 1.54) is 7.11 Å². The molecule has 0 amide bonds. The molecule has 0 aliphatic rings. The number of aryl methyl sites for hydroxylation is 2. The Hall–Kier alpha value is -1.36. The van der Waals surface area contributed by atoms with Crippen molar-refractivity contribution in [2.45, 2.75) is 51.6 Å². The first-order chi connectivity index (χ1) is 8.51. The first-order valence-electron chi connectivity index (χ1n) is 6.38. The molecule has 2 N–H and O–H groups in total. The van der Waals surface area contributed by atoms with E-state index in [0.29, 0.717) is 6.42 Å². The fourth-order valence-electron chi connectivity index (χ4n) is 1.95. The van der Waals surface area contributed by atoms with Crippen LogP contribution in [0.2, 0.25) is 0 Å². The van der Waals surface area contributed by atoms with E-state index >= 15 is 0 Å². The number of esters is 1. The van der Waals surface area contributed by atoms with E-state index in [9.17, 15) is 4.79 Å². The number of ether oxygens (including phenoxy) is 1. The van der Waals surface area contributed by atoms with E-state index in [-0.39, 0.29) is 5.97 Å². The van der Waals surface area contributed by atoms with Gasteiger partial charge in [-0.05, 0) is 26.2 Å². The fraction of sp³-hybridized carbons (Fsp3) is 0.692. The normalized spacial score (nSPS) is 14.2. The number of imidazole rings is 1. The van der Waals surface area contributed by atoms with Gasteiger partial charge in [-0.15, -0.1) is 0 Å². The largest absolute Gasteiger partial charge is 0.468 e. The highest BCUT2D eigenvalue weighted by Gasteiger charge is 2.28. The van der Waals surface area contributed by atoms with Crippen LogP contribution >= 0.6 is 0 Å². The monoisotopic (exact) mass is 253 g/mol. The fourth-order valence-corrected chi connectivity index (χ4v) is 1.95. The molecule has 0 aromatic carbocycles. The molecule has 0 aliphatic heterocycles. The number of aromatic nitrogens is 2. The number of nitrogens with two attached hydrogens (primary N) is 1. The summed E-state index contributed by atoms with van der Waals surface area (Å²) in [6.45, 7) is 4.67. The van der Waals surface area contributed by atoms with Crippen molar-refractivity contribution in [2.75, 3.05) is 7.11 Å². The summed E-state index contributed by atoms with van der Waals surface area (Å²) in [6, 6.07) is 0. The summed E-state index contributed by atoms with van der Waals surface area (Å²) in [7, 11) is 1.36. The van der Waals surface area contributed by atoms with E-state index in [4.69, 9.17) is 5.73 Å². The third kappa shape index (κ3) is 3.84. The molecule has 0 spiro atoms. The van der Waals surface area contributed by atoms with Crippen LogP contribution in [0.3, 0.4) is 0 Å². The average Bonchev–Trinajstić information content (AvgIpc) is 2.76. The summed E-state index contributed by atoms with van der Waals surface area (Å²) in [5.41, 5.74) is 5.01. The minimum Gasteiger partial charge on any atom is -0.468 e. The Morgan fingerprint density at radius 2 is 2.33 bits per heavy atom. The van der Waals surface area contributed by atoms with Crippen LogP contribution < -0.4 is 5.73 Å². The zero-order valence-electron chi connectivity index (χ0n) is 11.5. The highest BCUT2D eigenvalue weighted by molar-refractivity contribution is 5.79. The molecule has 1 aromatic heterocycles. The van der Waals surface area contributed by atoms with E-state index in [1.54, 1.807) is 6.92 Å². The molecule has 102 valence electrons. The number of nitrogens with zero attached hydrogens (tertiary/aromatic N) is 2. The molecule has 1 heterocycles. The Kier molecular flexibility index (Phi) is 5.34. The molecule has 1 atom stereocenters. The van der Waals surface area contributed by atoms with Crippen molar-refractivity contribution in [2.24, 2.45) is 5.73 Å². The van der Waals surface area contributed by atoms with Gasteiger partial charge < -0.3 is 15.0 Å². The van der Waals surface area contributed by atoms with Crippen molar-refractivity contribution in [3.63, 3.8) is 0 Å². The Bertz CT molecular complexity index is 385. The number of methoxy groups -OCH3 is 1. The maximum Gasteiger partial charge on any atom is 0.325 e. The number of rotatable bonds is 7. The Morgan fingerprint density at radius 3 is 2.94 bits per heavy atom. The molecule has 5 heteroatoms. The van der Waals surface area contributed by atoms with Crippen LogP contribution in [0.5, 0.6) is 0 Å². The van der Waals surface area contributed by atoms with Crippen molar-refractivity contribution in [3.05, 3.63) is 18.2 Å². The number of carbonyl (C=O) groups is 1. The lowest BCUT2D eigenvalue weighted by molar-refractivity contribution is -0.146. The van der Waals surface area contributed by atoms with Gasteiger partial charge in [0.05, 0.1) is 7.11 Å². The molecule has 0 saturated carbocycles. The first kappa shape index (κ1) is 14.7. The SMILES string of the molecule is CCCc1nccn1CCCC(C)(N)C(=O)OC. The van der Waals surface area contributed by atoms with Gasteiger partial charge in [0.25, 0.3) is 0 Å². The third-order valence-electron chi connectivity index (χ3n) is 3.02. The average molecular weight is 253 g/mol. The van der Waals surface area contributed by atoms with Crippen LogP contribution in [0.15, 0.2) is 12.4 Å². The zero-order valence-corrected chi connectivity index (χ0v) is 11.5. The minimum absolute atomic E-state index is 0.359. The smallest absolute Gasteiger partial charge is 0.325 e. The van der Waals surface area contributed by atoms with Gasteiger partial charge in [0.15, 0.2) is 0 Å². The summed E-state index contributed by atoms with van der Waals surface area (Å²) in [5, 5.41) is 0. The zero-order chi connectivity index (χ0) is 13.6.